The lowest BCUT2D eigenvalue weighted by atomic mass is 10.4. The van der Waals surface area contributed by atoms with Crippen LogP contribution in [0.2, 0.25) is 0 Å². The van der Waals surface area contributed by atoms with E-state index >= 15 is 0 Å². The molecule has 4 nitrogen and oxygen atoms in total. The summed E-state index contributed by atoms with van der Waals surface area (Å²) >= 11 is 0. The van der Waals surface area contributed by atoms with Crippen LogP contribution in [0.5, 0.6) is 0 Å². The molecule has 0 amide bonds. The van der Waals surface area contributed by atoms with Crippen LogP contribution in [0.15, 0.2) is 4.99 Å². The van der Waals surface area contributed by atoms with Gasteiger partial charge in [0.1, 0.15) is 0 Å². The predicted octanol–water partition coefficient (Wildman–Crippen LogP) is 2.15. The first-order valence-electron chi connectivity index (χ1n) is 5.57. The fourth-order valence-electron chi connectivity index (χ4n) is 1.06. The Kier molecular flexibility index (Phi) is 13.2. The lowest BCUT2D eigenvalue weighted by Crippen LogP contribution is -2.39. The van der Waals surface area contributed by atoms with E-state index in [-0.39, 0.29) is 30.5 Å². The number of aliphatic imine (C=N–C) groups is 1. The van der Waals surface area contributed by atoms with E-state index in [0.29, 0.717) is 25.7 Å². The Bertz CT molecular complexity index is 225. The zero-order valence-corrected chi connectivity index (χ0v) is 13.0. The first kappa shape index (κ1) is 20.1. The first-order chi connectivity index (χ1) is 7.99. The van der Waals surface area contributed by atoms with E-state index in [4.69, 9.17) is 4.74 Å². The smallest absolute Gasteiger partial charge is 0.385 e. The SMILES string of the molecule is CCNC(=NCCCOC)NCCC(F)(F)F.I. The first-order valence-corrected chi connectivity index (χ1v) is 5.57. The highest BCUT2D eigenvalue weighted by Crippen LogP contribution is 2.17. The molecule has 0 unspecified atom stereocenters. The summed E-state index contributed by atoms with van der Waals surface area (Å²) in [6, 6.07) is 0. The lowest BCUT2D eigenvalue weighted by molar-refractivity contribution is -0.132. The van der Waals surface area contributed by atoms with Crippen LogP contribution in [-0.4, -0.2) is 45.5 Å². The van der Waals surface area contributed by atoms with Crippen molar-refractivity contribution in [2.24, 2.45) is 4.99 Å². The minimum absolute atomic E-state index is 0. The summed E-state index contributed by atoms with van der Waals surface area (Å²) in [6.07, 6.45) is -4.26. The van der Waals surface area contributed by atoms with Gasteiger partial charge in [-0.2, -0.15) is 13.2 Å². The van der Waals surface area contributed by atoms with Gasteiger partial charge in [0.15, 0.2) is 5.96 Å². The number of nitrogens with zero attached hydrogens (tertiary/aromatic N) is 1. The summed E-state index contributed by atoms with van der Waals surface area (Å²) in [5.74, 6) is 0.410. The molecule has 0 aromatic carbocycles. The third-order valence-electron chi connectivity index (χ3n) is 1.82. The summed E-state index contributed by atoms with van der Waals surface area (Å²) in [5, 5.41) is 5.51. The lowest BCUT2D eigenvalue weighted by Gasteiger charge is -2.12. The molecule has 0 spiro atoms. The highest BCUT2D eigenvalue weighted by atomic mass is 127. The van der Waals surface area contributed by atoms with Gasteiger partial charge in [0, 0.05) is 33.4 Å². The number of nitrogens with one attached hydrogen (secondary N) is 2. The van der Waals surface area contributed by atoms with Gasteiger partial charge in [-0.3, -0.25) is 4.99 Å². The van der Waals surface area contributed by atoms with Gasteiger partial charge >= 0.3 is 6.18 Å². The van der Waals surface area contributed by atoms with Crippen molar-refractivity contribution in [3.8, 4) is 0 Å². The van der Waals surface area contributed by atoms with Gasteiger partial charge in [-0.15, -0.1) is 24.0 Å². The fraction of sp³-hybridized carbons (Fsp3) is 0.900. The van der Waals surface area contributed by atoms with Gasteiger partial charge in [-0.1, -0.05) is 0 Å². The number of alkyl halides is 3. The second kappa shape index (κ2) is 11.8. The molecule has 0 bridgehead atoms. The third kappa shape index (κ3) is 13.8. The second-order valence-corrected chi connectivity index (χ2v) is 3.40. The van der Waals surface area contributed by atoms with Crippen molar-refractivity contribution in [3.05, 3.63) is 0 Å². The average Bonchev–Trinajstić information content (AvgIpc) is 2.22. The highest BCUT2D eigenvalue weighted by Gasteiger charge is 2.26. The van der Waals surface area contributed by atoms with Crippen LogP contribution < -0.4 is 10.6 Å². The summed E-state index contributed by atoms with van der Waals surface area (Å²) < 4.78 is 40.6. The van der Waals surface area contributed by atoms with Crippen molar-refractivity contribution in [2.75, 3.05) is 33.4 Å². The Morgan fingerprint density at radius 1 is 1.28 bits per heavy atom. The van der Waals surface area contributed by atoms with E-state index < -0.39 is 12.6 Å². The highest BCUT2D eigenvalue weighted by molar-refractivity contribution is 14.0. The molecule has 0 aromatic heterocycles. The van der Waals surface area contributed by atoms with Gasteiger partial charge in [0.25, 0.3) is 0 Å². The van der Waals surface area contributed by atoms with Gasteiger partial charge in [0.05, 0.1) is 6.42 Å². The number of methoxy groups -OCH3 is 1. The van der Waals surface area contributed by atoms with E-state index in [1.165, 1.54) is 0 Å². The monoisotopic (exact) mass is 383 g/mol. The molecule has 0 aliphatic carbocycles. The Balaban J connectivity index is 0. The summed E-state index contributed by atoms with van der Waals surface area (Å²) in [6.45, 7) is 3.42. The molecule has 0 aliphatic heterocycles. The molecule has 0 radical (unpaired) electrons. The van der Waals surface area contributed by atoms with E-state index in [1.54, 1.807) is 7.11 Å². The maximum Gasteiger partial charge on any atom is 0.390 e. The van der Waals surface area contributed by atoms with E-state index in [1.807, 2.05) is 6.92 Å². The van der Waals surface area contributed by atoms with Crippen LogP contribution in [0.25, 0.3) is 0 Å². The molecule has 0 fully saturated rings. The van der Waals surface area contributed by atoms with Crippen LogP contribution in [0.4, 0.5) is 13.2 Å². The van der Waals surface area contributed by atoms with Crippen molar-refractivity contribution < 1.29 is 17.9 Å². The molecule has 0 aliphatic rings. The molecule has 0 atom stereocenters. The molecule has 8 heteroatoms. The van der Waals surface area contributed by atoms with Crippen LogP contribution >= 0.6 is 24.0 Å². The summed E-state index contributed by atoms with van der Waals surface area (Å²) in [4.78, 5) is 4.12. The standard InChI is InChI=1S/C10H20F3N3O.HI/c1-3-14-9(15-6-4-8-17-2)16-7-5-10(11,12)13;/h3-8H2,1-2H3,(H2,14,15,16);1H. The van der Waals surface area contributed by atoms with Crippen LogP contribution in [0.3, 0.4) is 0 Å². The molecule has 0 aromatic rings. The van der Waals surface area contributed by atoms with Gasteiger partial charge in [-0.05, 0) is 13.3 Å². The maximum absolute atomic E-state index is 11.9. The van der Waals surface area contributed by atoms with Gasteiger partial charge in [-0.25, -0.2) is 0 Å². The Morgan fingerprint density at radius 2 is 1.94 bits per heavy atom. The van der Waals surface area contributed by atoms with Crippen LogP contribution in [-0.2, 0) is 4.74 Å². The van der Waals surface area contributed by atoms with Gasteiger partial charge < -0.3 is 15.4 Å². The minimum Gasteiger partial charge on any atom is -0.385 e. The fourth-order valence-corrected chi connectivity index (χ4v) is 1.06. The molecule has 0 rings (SSSR count). The number of rotatable bonds is 7. The average molecular weight is 383 g/mol. The molecule has 110 valence electrons. The zero-order valence-electron chi connectivity index (χ0n) is 10.6. The number of guanidine groups is 1. The van der Waals surface area contributed by atoms with E-state index in [0.717, 1.165) is 6.42 Å². The number of hydrogen-bond donors (Lipinski definition) is 2. The Labute approximate surface area is 123 Å². The number of ether oxygens (including phenoxy) is 1. The van der Waals surface area contributed by atoms with Crippen molar-refractivity contribution in [1.29, 1.82) is 0 Å². The normalized spacial score (nSPS) is 11.9. The minimum atomic E-state index is -4.14. The summed E-state index contributed by atoms with van der Waals surface area (Å²) in [5.41, 5.74) is 0. The molecular formula is C10H21F3IN3O. The Morgan fingerprint density at radius 3 is 2.44 bits per heavy atom. The Hall–Kier alpha value is -0.250. The topological polar surface area (TPSA) is 45.7 Å². The number of halogens is 4. The molecule has 0 heterocycles. The summed E-state index contributed by atoms with van der Waals surface area (Å²) in [7, 11) is 1.59. The van der Waals surface area contributed by atoms with Crippen molar-refractivity contribution in [2.45, 2.75) is 25.9 Å². The van der Waals surface area contributed by atoms with E-state index in [9.17, 15) is 13.2 Å². The van der Waals surface area contributed by atoms with Crippen LogP contribution in [0.1, 0.15) is 19.8 Å². The van der Waals surface area contributed by atoms with Crippen LogP contribution in [0, 0.1) is 0 Å². The van der Waals surface area contributed by atoms with Crippen molar-refractivity contribution in [1.82, 2.24) is 10.6 Å². The molecule has 0 saturated carbocycles. The molecule has 2 N–H and O–H groups in total. The van der Waals surface area contributed by atoms with Crippen molar-refractivity contribution >= 4 is 29.9 Å². The predicted molar refractivity (Wildman–Crippen MR) is 76.6 cm³/mol. The maximum atomic E-state index is 11.9. The second-order valence-electron chi connectivity index (χ2n) is 3.40. The third-order valence-corrected chi connectivity index (χ3v) is 1.82. The van der Waals surface area contributed by atoms with Crippen molar-refractivity contribution in [3.63, 3.8) is 0 Å². The van der Waals surface area contributed by atoms with Gasteiger partial charge in [0.2, 0.25) is 0 Å². The van der Waals surface area contributed by atoms with E-state index in [2.05, 4.69) is 15.6 Å². The largest absolute Gasteiger partial charge is 0.390 e. The quantitative estimate of drug-likeness (QED) is 0.307. The molecular weight excluding hydrogens is 362 g/mol. The number of hydrogen-bond acceptors (Lipinski definition) is 2. The molecule has 18 heavy (non-hydrogen) atoms. The zero-order chi connectivity index (χ0) is 13.1. The molecule has 0 saturated heterocycles.